The Kier molecular flexibility index (Phi) is 4.35. The van der Waals surface area contributed by atoms with E-state index in [2.05, 4.69) is 30.4 Å². The molecule has 1 aromatic heterocycles. The Hall–Kier alpha value is -2.12. The van der Waals surface area contributed by atoms with Crippen molar-refractivity contribution in [1.29, 1.82) is 5.26 Å². The van der Waals surface area contributed by atoms with E-state index in [4.69, 9.17) is 0 Å². The average molecular weight is 350 g/mol. The van der Waals surface area contributed by atoms with E-state index in [-0.39, 0.29) is 11.8 Å². The predicted octanol–water partition coefficient (Wildman–Crippen LogP) is 4.88. The van der Waals surface area contributed by atoms with Crippen molar-refractivity contribution in [3.63, 3.8) is 0 Å². The van der Waals surface area contributed by atoms with E-state index in [0.29, 0.717) is 17.4 Å². The number of thiophene rings is 1. The molecule has 4 rings (SSSR count). The Balaban J connectivity index is 1.49. The second kappa shape index (κ2) is 6.65. The van der Waals surface area contributed by atoms with Crippen LogP contribution >= 0.6 is 11.3 Å². The highest BCUT2D eigenvalue weighted by atomic mass is 32.1. The number of amides is 1. The molecule has 1 fully saturated rings. The molecule has 1 saturated carbocycles. The summed E-state index contributed by atoms with van der Waals surface area (Å²) in [6.45, 7) is 2.23. The summed E-state index contributed by atoms with van der Waals surface area (Å²) in [5.74, 6) is 1.14. The molecule has 2 aliphatic rings. The molecule has 2 aromatic rings. The normalized spacial score (nSPS) is 24.2. The fourth-order valence-corrected chi connectivity index (χ4v) is 5.28. The molecule has 0 aliphatic heterocycles. The van der Waals surface area contributed by atoms with Gasteiger partial charge in [-0.2, -0.15) is 5.26 Å². The van der Waals surface area contributed by atoms with E-state index in [1.807, 2.05) is 18.2 Å². The van der Waals surface area contributed by atoms with Crippen LogP contribution in [0.15, 0.2) is 30.3 Å². The van der Waals surface area contributed by atoms with E-state index in [1.165, 1.54) is 22.4 Å². The average Bonchev–Trinajstić information content (AvgIpc) is 3.38. The third-order valence-electron chi connectivity index (χ3n) is 5.65. The fourth-order valence-electron chi connectivity index (χ4n) is 3.97. The van der Waals surface area contributed by atoms with Crippen molar-refractivity contribution < 1.29 is 4.79 Å². The van der Waals surface area contributed by atoms with Crippen LogP contribution in [-0.4, -0.2) is 5.91 Å². The van der Waals surface area contributed by atoms with Gasteiger partial charge in [-0.25, -0.2) is 0 Å². The number of nitrogens with zero attached hydrogens (tertiary/aromatic N) is 1. The first-order valence-corrected chi connectivity index (χ1v) is 9.93. The van der Waals surface area contributed by atoms with Gasteiger partial charge >= 0.3 is 0 Å². The molecule has 25 heavy (non-hydrogen) atoms. The van der Waals surface area contributed by atoms with Crippen LogP contribution in [0.5, 0.6) is 0 Å². The molecule has 1 N–H and O–H groups in total. The van der Waals surface area contributed by atoms with Crippen molar-refractivity contribution in [3.8, 4) is 6.07 Å². The van der Waals surface area contributed by atoms with Gasteiger partial charge in [-0.3, -0.25) is 4.79 Å². The molecule has 0 spiro atoms. The minimum absolute atomic E-state index is 0.0384. The summed E-state index contributed by atoms with van der Waals surface area (Å²) in [6, 6.07) is 12.6. The van der Waals surface area contributed by atoms with E-state index in [0.717, 1.165) is 30.7 Å². The zero-order valence-electron chi connectivity index (χ0n) is 14.4. The molecule has 2 aliphatic carbocycles. The predicted molar refractivity (Wildman–Crippen MR) is 101 cm³/mol. The monoisotopic (exact) mass is 350 g/mol. The van der Waals surface area contributed by atoms with E-state index < -0.39 is 0 Å². The fraction of sp³-hybridized carbons (Fsp3) is 0.429. The van der Waals surface area contributed by atoms with Crippen LogP contribution in [-0.2, 0) is 17.6 Å². The van der Waals surface area contributed by atoms with E-state index in [9.17, 15) is 10.1 Å². The molecule has 0 radical (unpaired) electrons. The van der Waals surface area contributed by atoms with Gasteiger partial charge in [-0.15, -0.1) is 11.3 Å². The number of carbonyl (C=O) groups is 1. The van der Waals surface area contributed by atoms with Gasteiger partial charge in [-0.05, 0) is 48.6 Å². The van der Waals surface area contributed by atoms with E-state index >= 15 is 0 Å². The van der Waals surface area contributed by atoms with Gasteiger partial charge in [0, 0.05) is 10.8 Å². The topological polar surface area (TPSA) is 52.9 Å². The first kappa shape index (κ1) is 16.4. The summed E-state index contributed by atoms with van der Waals surface area (Å²) in [4.78, 5) is 14.0. The van der Waals surface area contributed by atoms with Gasteiger partial charge in [0.15, 0.2) is 0 Å². The lowest BCUT2D eigenvalue weighted by Crippen LogP contribution is -2.14. The minimum atomic E-state index is 0.0384. The van der Waals surface area contributed by atoms with Gasteiger partial charge < -0.3 is 5.32 Å². The summed E-state index contributed by atoms with van der Waals surface area (Å²) in [5.41, 5.74) is 3.13. The zero-order chi connectivity index (χ0) is 17.4. The van der Waals surface area contributed by atoms with Crippen LogP contribution in [0.1, 0.15) is 53.7 Å². The molecule has 0 unspecified atom stereocenters. The zero-order valence-corrected chi connectivity index (χ0v) is 15.2. The lowest BCUT2D eigenvalue weighted by molar-refractivity contribution is -0.117. The van der Waals surface area contributed by atoms with Crippen molar-refractivity contribution in [3.05, 3.63) is 51.9 Å². The number of nitriles is 1. The Bertz CT molecular complexity index is 834. The maximum absolute atomic E-state index is 12.6. The standard InChI is InChI=1S/C21H22N2OS/c1-2-13-8-9-15-18(12-22)21(25-19(15)10-13)23-20(24)17-11-16(17)14-6-4-3-5-7-14/h3-7,13,16-17H,2,8-11H2,1H3,(H,23,24)/t13-,16-,17+/m1/s1. The molecular weight excluding hydrogens is 328 g/mol. The summed E-state index contributed by atoms with van der Waals surface area (Å²) in [6.07, 6.45) is 5.26. The van der Waals surface area contributed by atoms with Gasteiger partial charge in [0.05, 0.1) is 5.56 Å². The molecule has 3 nitrogen and oxygen atoms in total. The molecular formula is C21H22N2OS. The van der Waals surface area contributed by atoms with Gasteiger partial charge in [0.25, 0.3) is 0 Å². The molecule has 128 valence electrons. The first-order chi connectivity index (χ1) is 12.2. The van der Waals surface area contributed by atoms with Crippen LogP contribution < -0.4 is 5.32 Å². The van der Waals surface area contributed by atoms with Crippen LogP contribution in [0.3, 0.4) is 0 Å². The van der Waals surface area contributed by atoms with Crippen LogP contribution in [0, 0.1) is 23.2 Å². The van der Waals surface area contributed by atoms with Gasteiger partial charge in [0.2, 0.25) is 5.91 Å². The quantitative estimate of drug-likeness (QED) is 0.854. The van der Waals surface area contributed by atoms with Crippen molar-refractivity contribution in [2.75, 3.05) is 5.32 Å². The van der Waals surface area contributed by atoms with Crippen LogP contribution in [0.4, 0.5) is 5.00 Å². The third kappa shape index (κ3) is 3.09. The molecule has 1 amide bonds. The Morgan fingerprint density at radius 2 is 2.16 bits per heavy atom. The van der Waals surface area contributed by atoms with Crippen molar-refractivity contribution in [2.24, 2.45) is 11.8 Å². The Labute approximate surface area is 152 Å². The number of nitrogens with one attached hydrogen (secondary N) is 1. The molecule has 0 bridgehead atoms. The third-order valence-corrected chi connectivity index (χ3v) is 6.82. The van der Waals surface area contributed by atoms with Gasteiger partial charge in [-0.1, -0.05) is 43.7 Å². The van der Waals surface area contributed by atoms with Crippen molar-refractivity contribution >= 4 is 22.2 Å². The molecule has 1 heterocycles. The summed E-state index contributed by atoms with van der Waals surface area (Å²) >= 11 is 1.62. The second-order valence-electron chi connectivity index (χ2n) is 7.19. The minimum Gasteiger partial charge on any atom is -0.316 e. The highest BCUT2D eigenvalue weighted by Gasteiger charge is 2.44. The highest BCUT2D eigenvalue weighted by molar-refractivity contribution is 7.16. The Morgan fingerprint density at radius 1 is 1.36 bits per heavy atom. The number of anilines is 1. The number of hydrogen-bond donors (Lipinski definition) is 1. The van der Waals surface area contributed by atoms with Crippen LogP contribution in [0.2, 0.25) is 0 Å². The number of hydrogen-bond acceptors (Lipinski definition) is 3. The van der Waals surface area contributed by atoms with Gasteiger partial charge in [0.1, 0.15) is 11.1 Å². The number of fused-ring (bicyclic) bond motifs is 1. The number of rotatable bonds is 4. The molecule has 4 heteroatoms. The van der Waals surface area contributed by atoms with Crippen LogP contribution in [0.25, 0.3) is 0 Å². The van der Waals surface area contributed by atoms with E-state index in [1.54, 1.807) is 11.3 Å². The number of carbonyl (C=O) groups excluding carboxylic acids is 1. The second-order valence-corrected chi connectivity index (χ2v) is 8.29. The smallest absolute Gasteiger partial charge is 0.228 e. The summed E-state index contributed by atoms with van der Waals surface area (Å²) in [7, 11) is 0. The lowest BCUT2D eigenvalue weighted by Gasteiger charge is -2.20. The lowest BCUT2D eigenvalue weighted by atomic mass is 9.86. The van der Waals surface area contributed by atoms with Crippen molar-refractivity contribution in [2.45, 2.75) is 44.9 Å². The maximum Gasteiger partial charge on any atom is 0.228 e. The largest absolute Gasteiger partial charge is 0.316 e. The Morgan fingerprint density at radius 3 is 2.88 bits per heavy atom. The molecule has 0 saturated heterocycles. The van der Waals surface area contributed by atoms with Crippen molar-refractivity contribution in [1.82, 2.24) is 0 Å². The summed E-state index contributed by atoms with van der Waals surface area (Å²) < 4.78 is 0. The maximum atomic E-state index is 12.6. The molecule has 3 atom stereocenters. The summed E-state index contributed by atoms with van der Waals surface area (Å²) in [5, 5.41) is 13.4. The molecule has 1 aromatic carbocycles. The highest BCUT2D eigenvalue weighted by Crippen LogP contribution is 2.48. The first-order valence-electron chi connectivity index (χ1n) is 9.11. The number of benzene rings is 1. The SMILES string of the molecule is CC[C@@H]1CCc2c(sc(NC(=O)[C@H]3C[C@@H]3c3ccccc3)c2C#N)C1.